The molecule has 0 atom stereocenters. The molecule has 154 valence electrons. The van der Waals surface area contributed by atoms with Crippen molar-refractivity contribution in [2.24, 2.45) is 5.73 Å². The molecule has 0 spiro atoms. The number of aromatic nitrogens is 1. The molecular formula is C23H18N4O4. The number of H-pyrrole nitrogens is 1. The molecule has 0 radical (unpaired) electrons. The average Bonchev–Trinajstić information content (AvgIpc) is 3.22. The molecule has 31 heavy (non-hydrogen) atoms. The van der Waals surface area contributed by atoms with Gasteiger partial charge in [-0.1, -0.05) is 18.2 Å². The number of carbonyl (C=O) groups is 3. The Morgan fingerprint density at radius 2 is 1.32 bits per heavy atom. The number of aromatic amines is 1. The lowest BCUT2D eigenvalue weighted by Gasteiger charge is -2.09. The number of nitrogens with one attached hydrogen (secondary N) is 3. The number of fused-ring (bicyclic) bond motifs is 1. The Balaban J connectivity index is 1.35. The van der Waals surface area contributed by atoms with E-state index in [9.17, 15) is 14.4 Å². The van der Waals surface area contributed by atoms with Crippen LogP contribution in [0.4, 0.5) is 0 Å². The van der Waals surface area contributed by atoms with E-state index in [1.807, 2.05) is 24.3 Å². The van der Waals surface area contributed by atoms with Crippen LogP contribution in [0.15, 0.2) is 79.0 Å². The summed E-state index contributed by atoms with van der Waals surface area (Å²) >= 11 is 0. The molecular weight excluding hydrogens is 396 g/mol. The van der Waals surface area contributed by atoms with Gasteiger partial charge in [0.2, 0.25) is 5.91 Å². The minimum Gasteiger partial charge on any atom is -0.457 e. The van der Waals surface area contributed by atoms with Crippen LogP contribution in [0.1, 0.15) is 31.1 Å². The maximum Gasteiger partial charge on any atom is 0.271 e. The standard InChI is InChI=1S/C23H18N4O4/c24-21(28)14-5-9-16(10-6-14)31-17-11-7-15(8-12-17)22(29)26-27-23(30)19-13-25-20-4-2-1-3-18(19)20/h1-13,25H,(H2,24,28)(H,26,29)(H,27,30). The zero-order valence-electron chi connectivity index (χ0n) is 16.2. The molecule has 1 heterocycles. The molecule has 0 fully saturated rings. The second kappa shape index (κ2) is 8.42. The van der Waals surface area contributed by atoms with E-state index >= 15 is 0 Å². The highest BCUT2D eigenvalue weighted by Crippen LogP contribution is 2.22. The van der Waals surface area contributed by atoms with Gasteiger partial charge in [0.1, 0.15) is 11.5 Å². The van der Waals surface area contributed by atoms with Crippen molar-refractivity contribution < 1.29 is 19.1 Å². The molecule has 4 aromatic rings. The van der Waals surface area contributed by atoms with E-state index in [2.05, 4.69) is 15.8 Å². The van der Waals surface area contributed by atoms with Gasteiger partial charge in [-0.15, -0.1) is 0 Å². The molecule has 0 aliphatic heterocycles. The lowest BCUT2D eigenvalue weighted by molar-refractivity contribution is 0.0847. The number of amides is 3. The van der Waals surface area contributed by atoms with Gasteiger partial charge in [0, 0.05) is 28.2 Å². The molecule has 1 aromatic heterocycles. The Bertz CT molecular complexity index is 1260. The Morgan fingerprint density at radius 1 is 0.742 bits per heavy atom. The van der Waals surface area contributed by atoms with Gasteiger partial charge in [-0.2, -0.15) is 0 Å². The van der Waals surface area contributed by atoms with Gasteiger partial charge in [0.15, 0.2) is 0 Å². The van der Waals surface area contributed by atoms with E-state index in [1.165, 1.54) is 0 Å². The molecule has 8 heteroatoms. The summed E-state index contributed by atoms with van der Waals surface area (Å²) in [6, 6.07) is 20.2. The van der Waals surface area contributed by atoms with Crippen molar-refractivity contribution >= 4 is 28.6 Å². The van der Waals surface area contributed by atoms with Crippen LogP contribution in [0.5, 0.6) is 11.5 Å². The van der Waals surface area contributed by atoms with Crippen LogP contribution >= 0.6 is 0 Å². The fourth-order valence-electron chi connectivity index (χ4n) is 3.01. The first kappa shape index (κ1) is 19.7. The van der Waals surface area contributed by atoms with E-state index in [-0.39, 0.29) is 0 Å². The van der Waals surface area contributed by atoms with Gasteiger partial charge in [0.05, 0.1) is 5.56 Å². The summed E-state index contributed by atoms with van der Waals surface area (Å²) < 4.78 is 5.68. The number of rotatable bonds is 5. The van der Waals surface area contributed by atoms with E-state index in [0.717, 1.165) is 10.9 Å². The zero-order chi connectivity index (χ0) is 21.8. The Kier molecular flexibility index (Phi) is 5.35. The maximum atomic E-state index is 12.4. The Morgan fingerprint density at radius 3 is 1.97 bits per heavy atom. The van der Waals surface area contributed by atoms with Crippen LogP contribution in [-0.4, -0.2) is 22.7 Å². The largest absolute Gasteiger partial charge is 0.457 e. The maximum absolute atomic E-state index is 12.4. The predicted molar refractivity (Wildman–Crippen MR) is 115 cm³/mol. The second-order valence-electron chi connectivity index (χ2n) is 6.67. The van der Waals surface area contributed by atoms with Crippen molar-refractivity contribution in [3.8, 4) is 11.5 Å². The summed E-state index contributed by atoms with van der Waals surface area (Å²) in [5, 5.41) is 0.764. The topological polar surface area (TPSA) is 126 Å². The average molecular weight is 414 g/mol. The Labute approximate surface area is 177 Å². The Hall–Kier alpha value is -4.59. The number of carbonyl (C=O) groups excluding carboxylic acids is 3. The molecule has 0 unspecified atom stereocenters. The molecule has 3 amide bonds. The second-order valence-corrected chi connectivity index (χ2v) is 6.67. The molecule has 8 nitrogen and oxygen atoms in total. The van der Waals surface area contributed by atoms with Crippen LogP contribution < -0.4 is 21.3 Å². The van der Waals surface area contributed by atoms with Gasteiger partial charge >= 0.3 is 0 Å². The van der Waals surface area contributed by atoms with Crippen molar-refractivity contribution in [1.29, 1.82) is 0 Å². The van der Waals surface area contributed by atoms with E-state index < -0.39 is 17.7 Å². The lowest BCUT2D eigenvalue weighted by Crippen LogP contribution is -2.41. The molecule has 0 bridgehead atoms. The van der Waals surface area contributed by atoms with Crippen molar-refractivity contribution in [2.45, 2.75) is 0 Å². The summed E-state index contributed by atoms with van der Waals surface area (Å²) in [6.07, 6.45) is 1.59. The molecule has 5 N–H and O–H groups in total. The third-order valence-electron chi connectivity index (χ3n) is 4.61. The first-order chi connectivity index (χ1) is 15.0. The summed E-state index contributed by atoms with van der Waals surface area (Å²) in [7, 11) is 0. The van der Waals surface area contributed by atoms with Gasteiger partial charge in [-0.05, 0) is 54.6 Å². The van der Waals surface area contributed by atoms with E-state index in [1.54, 1.807) is 54.7 Å². The van der Waals surface area contributed by atoms with Crippen LogP contribution in [0.25, 0.3) is 10.9 Å². The third kappa shape index (κ3) is 4.38. The zero-order valence-corrected chi connectivity index (χ0v) is 16.2. The van der Waals surface area contributed by atoms with Crippen molar-refractivity contribution in [2.75, 3.05) is 0 Å². The van der Waals surface area contributed by atoms with Gasteiger partial charge in [0.25, 0.3) is 11.8 Å². The van der Waals surface area contributed by atoms with Crippen molar-refractivity contribution in [1.82, 2.24) is 15.8 Å². The number of hydrazine groups is 1. The summed E-state index contributed by atoms with van der Waals surface area (Å²) in [4.78, 5) is 38.8. The lowest BCUT2D eigenvalue weighted by atomic mass is 10.2. The number of ether oxygens (including phenoxy) is 1. The molecule has 0 saturated carbocycles. The third-order valence-corrected chi connectivity index (χ3v) is 4.61. The number of nitrogens with two attached hydrogens (primary N) is 1. The highest BCUT2D eigenvalue weighted by atomic mass is 16.5. The number of primary amides is 1. The SMILES string of the molecule is NC(=O)c1ccc(Oc2ccc(C(=O)NNC(=O)c3c[nH]c4ccccc34)cc2)cc1. The molecule has 0 aliphatic rings. The highest BCUT2D eigenvalue weighted by Gasteiger charge is 2.13. The molecule has 0 saturated heterocycles. The number of benzene rings is 3. The summed E-state index contributed by atoms with van der Waals surface area (Å²) in [5.74, 6) is -0.381. The summed E-state index contributed by atoms with van der Waals surface area (Å²) in [6.45, 7) is 0. The van der Waals surface area contributed by atoms with Gasteiger partial charge < -0.3 is 15.5 Å². The van der Waals surface area contributed by atoms with E-state index in [4.69, 9.17) is 10.5 Å². The van der Waals surface area contributed by atoms with Crippen molar-refractivity contribution in [3.63, 3.8) is 0 Å². The van der Waals surface area contributed by atoms with Gasteiger partial charge in [-0.25, -0.2) is 0 Å². The fraction of sp³-hybridized carbons (Fsp3) is 0. The summed E-state index contributed by atoms with van der Waals surface area (Å²) in [5.41, 5.74) is 12.0. The minimum absolute atomic E-state index is 0.343. The quantitative estimate of drug-likeness (QED) is 0.374. The first-order valence-electron chi connectivity index (χ1n) is 9.36. The smallest absolute Gasteiger partial charge is 0.271 e. The molecule has 4 rings (SSSR count). The van der Waals surface area contributed by atoms with Crippen LogP contribution in [0.2, 0.25) is 0 Å². The monoisotopic (exact) mass is 414 g/mol. The molecule has 3 aromatic carbocycles. The minimum atomic E-state index is -0.515. The fourth-order valence-corrected chi connectivity index (χ4v) is 3.01. The van der Waals surface area contributed by atoms with Crippen LogP contribution in [-0.2, 0) is 0 Å². The number of hydrogen-bond donors (Lipinski definition) is 4. The first-order valence-corrected chi connectivity index (χ1v) is 9.36. The highest BCUT2D eigenvalue weighted by molar-refractivity contribution is 6.07. The number of para-hydroxylation sites is 1. The van der Waals surface area contributed by atoms with E-state index in [0.29, 0.717) is 28.2 Å². The van der Waals surface area contributed by atoms with Crippen LogP contribution in [0, 0.1) is 0 Å². The van der Waals surface area contributed by atoms with Crippen LogP contribution in [0.3, 0.4) is 0 Å². The number of hydrogen-bond acceptors (Lipinski definition) is 4. The van der Waals surface area contributed by atoms with Crippen molar-refractivity contribution in [3.05, 3.63) is 95.7 Å². The normalized spacial score (nSPS) is 10.5. The predicted octanol–water partition coefficient (Wildman–Crippen LogP) is 3.13. The van der Waals surface area contributed by atoms with Gasteiger partial charge in [-0.3, -0.25) is 25.2 Å². The molecule has 0 aliphatic carbocycles.